The molecule has 0 aliphatic heterocycles. The highest BCUT2D eigenvalue weighted by atomic mass is 16.6. The SMILES string of the molecule is Nc1cc#ccc1[N+](=O)[O-]. The molecular formula is C6H4N2O2. The highest BCUT2D eigenvalue weighted by molar-refractivity contribution is 5.55. The quantitative estimate of drug-likeness (QED) is 0.458. The lowest BCUT2D eigenvalue weighted by Gasteiger charge is -1.89. The van der Waals surface area contributed by atoms with Crippen LogP contribution in [0.25, 0.3) is 0 Å². The minimum absolute atomic E-state index is 0.115. The first-order valence-electron chi connectivity index (χ1n) is 2.53. The molecule has 1 aromatic carbocycles. The van der Waals surface area contributed by atoms with Crippen LogP contribution in [0.15, 0.2) is 12.1 Å². The van der Waals surface area contributed by atoms with Crippen molar-refractivity contribution in [1.82, 2.24) is 0 Å². The summed E-state index contributed by atoms with van der Waals surface area (Å²) < 4.78 is 0. The topological polar surface area (TPSA) is 69.2 Å². The van der Waals surface area contributed by atoms with E-state index in [1.165, 1.54) is 12.1 Å². The molecule has 50 valence electrons. The van der Waals surface area contributed by atoms with Gasteiger partial charge in [-0.25, -0.2) is 0 Å². The van der Waals surface area contributed by atoms with Gasteiger partial charge in [-0.2, -0.15) is 0 Å². The summed E-state index contributed by atoms with van der Waals surface area (Å²) in [6, 6.07) is 7.45. The van der Waals surface area contributed by atoms with Crippen molar-refractivity contribution in [1.29, 1.82) is 0 Å². The number of rotatable bonds is 1. The molecule has 4 nitrogen and oxygen atoms in total. The Balaban J connectivity index is 3.15. The Morgan fingerprint density at radius 3 is 2.50 bits per heavy atom. The number of nitrogens with two attached hydrogens (primary N) is 1. The number of hydrogen-bond donors (Lipinski definition) is 1. The second-order valence-electron chi connectivity index (χ2n) is 1.68. The summed E-state index contributed by atoms with van der Waals surface area (Å²) in [5.41, 5.74) is 5.22. The third kappa shape index (κ3) is 0.977. The summed E-state index contributed by atoms with van der Waals surface area (Å²) in [5, 5.41) is 10.1. The Morgan fingerprint density at radius 1 is 1.50 bits per heavy atom. The molecule has 0 aromatic heterocycles. The van der Waals surface area contributed by atoms with Crippen LogP contribution in [0.1, 0.15) is 0 Å². The average molecular weight is 136 g/mol. The minimum Gasteiger partial charge on any atom is -0.393 e. The van der Waals surface area contributed by atoms with E-state index in [2.05, 4.69) is 12.1 Å². The maximum absolute atomic E-state index is 10.1. The molecule has 0 fully saturated rings. The Bertz CT molecular complexity index is 260. The smallest absolute Gasteiger partial charge is 0.301 e. The van der Waals surface area contributed by atoms with Crippen molar-refractivity contribution in [2.75, 3.05) is 5.73 Å². The molecule has 0 aliphatic carbocycles. The van der Waals surface area contributed by atoms with E-state index in [1.807, 2.05) is 0 Å². The van der Waals surface area contributed by atoms with Gasteiger partial charge >= 0.3 is 5.69 Å². The zero-order chi connectivity index (χ0) is 7.56. The van der Waals surface area contributed by atoms with Crippen molar-refractivity contribution in [2.24, 2.45) is 0 Å². The van der Waals surface area contributed by atoms with E-state index in [-0.39, 0.29) is 11.4 Å². The van der Waals surface area contributed by atoms with Gasteiger partial charge < -0.3 is 5.73 Å². The maximum Gasteiger partial charge on any atom is 0.301 e. The predicted molar refractivity (Wildman–Crippen MR) is 35.2 cm³/mol. The summed E-state index contributed by atoms with van der Waals surface area (Å²) in [6.07, 6.45) is 0. The highest BCUT2D eigenvalue weighted by Gasteiger charge is 2.07. The standard InChI is InChI=1S/C6H4N2O2/c7-5-3-1-2-4-6(5)8(9)10/h3-4H,7H2. The molecule has 0 spiro atoms. The number of nitrogens with zero attached hydrogens (tertiary/aromatic N) is 1. The monoisotopic (exact) mass is 136 g/mol. The lowest BCUT2D eigenvalue weighted by molar-refractivity contribution is -0.383. The molecule has 0 bridgehead atoms. The van der Waals surface area contributed by atoms with Gasteiger partial charge in [-0.15, -0.1) is 0 Å². The zero-order valence-electron chi connectivity index (χ0n) is 5.00. The largest absolute Gasteiger partial charge is 0.393 e. The molecule has 0 radical (unpaired) electrons. The van der Waals surface area contributed by atoms with E-state index in [0.717, 1.165) is 0 Å². The van der Waals surface area contributed by atoms with Crippen molar-refractivity contribution in [3.8, 4) is 0 Å². The Kier molecular flexibility index (Phi) is 1.42. The van der Waals surface area contributed by atoms with E-state index in [4.69, 9.17) is 5.73 Å². The third-order valence-electron chi connectivity index (χ3n) is 1.01. The maximum atomic E-state index is 10.1. The Morgan fingerprint density at radius 2 is 2.10 bits per heavy atom. The van der Waals surface area contributed by atoms with Gasteiger partial charge in [0.15, 0.2) is 0 Å². The molecule has 0 saturated carbocycles. The van der Waals surface area contributed by atoms with Crippen molar-refractivity contribution in [3.05, 3.63) is 34.4 Å². The number of nitrogen functional groups attached to an aromatic ring is 1. The molecule has 0 saturated heterocycles. The molecule has 0 amide bonds. The molecule has 0 atom stereocenters. The molecule has 2 N–H and O–H groups in total. The molecule has 0 unspecified atom stereocenters. The van der Waals surface area contributed by atoms with Crippen molar-refractivity contribution in [2.45, 2.75) is 0 Å². The zero-order valence-corrected chi connectivity index (χ0v) is 5.00. The van der Waals surface area contributed by atoms with Gasteiger partial charge in [0.05, 0.1) is 11.0 Å². The van der Waals surface area contributed by atoms with Crippen LogP contribution in [-0.4, -0.2) is 4.92 Å². The first-order valence-corrected chi connectivity index (χ1v) is 2.53. The second kappa shape index (κ2) is 2.23. The summed E-state index contributed by atoms with van der Waals surface area (Å²) in [7, 11) is 0. The predicted octanol–water partition coefficient (Wildman–Crippen LogP) is 0.777. The van der Waals surface area contributed by atoms with Crippen molar-refractivity contribution in [3.63, 3.8) is 0 Å². The van der Waals surface area contributed by atoms with E-state index >= 15 is 0 Å². The third-order valence-corrected chi connectivity index (χ3v) is 1.01. The molecule has 4 heteroatoms. The van der Waals surface area contributed by atoms with E-state index < -0.39 is 4.92 Å². The molecule has 10 heavy (non-hydrogen) atoms. The first-order chi connectivity index (χ1) is 4.72. The van der Waals surface area contributed by atoms with Gasteiger partial charge in [-0.3, -0.25) is 10.1 Å². The fourth-order valence-corrected chi connectivity index (χ4v) is 0.545. The van der Waals surface area contributed by atoms with Crippen LogP contribution in [-0.2, 0) is 0 Å². The number of anilines is 1. The normalized spacial score (nSPS) is 8.40. The molecule has 0 aliphatic rings. The van der Waals surface area contributed by atoms with Gasteiger partial charge in [0.2, 0.25) is 0 Å². The molecular weight excluding hydrogens is 132 g/mol. The molecule has 0 heterocycles. The fourth-order valence-electron chi connectivity index (χ4n) is 0.545. The molecule has 1 rings (SSSR count). The lowest BCUT2D eigenvalue weighted by Crippen LogP contribution is -1.93. The van der Waals surface area contributed by atoms with Crippen molar-refractivity contribution < 1.29 is 4.92 Å². The number of hydrogen-bond acceptors (Lipinski definition) is 3. The van der Waals surface area contributed by atoms with Crippen LogP contribution < -0.4 is 5.73 Å². The van der Waals surface area contributed by atoms with Crippen LogP contribution >= 0.6 is 0 Å². The van der Waals surface area contributed by atoms with Crippen LogP contribution in [0.2, 0.25) is 0 Å². The van der Waals surface area contributed by atoms with Gasteiger partial charge in [0.25, 0.3) is 0 Å². The highest BCUT2D eigenvalue weighted by Crippen LogP contribution is 2.16. The van der Waals surface area contributed by atoms with Gasteiger partial charge in [0, 0.05) is 6.07 Å². The van der Waals surface area contributed by atoms with Gasteiger partial charge in [0.1, 0.15) is 5.69 Å². The van der Waals surface area contributed by atoms with Crippen LogP contribution in [0, 0.1) is 22.2 Å². The van der Waals surface area contributed by atoms with Gasteiger partial charge in [-0.05, 0) is 0 Å². The first kappa shape index (κ1) is 6.36. The fraction of sp³-hybridized carbons (Fsp3) is 0. The summed E-state index contributed by atoms with van der Waals surface area (Å²) >= 11 is 0. The summed E-state index contributed by atoms with van der Waals surface area (Å²) in [6.45, 7) is 0. The van der Waals surface area contributed by atoms with E-state index in [0.29, 0.717) is 0 Å². The van der Waals surface area contributed by atoms with Gasteiger partial charge in [-0.1, -0.05) is 12.1 Å². The summed E-state index contributed by atoms with van der Waals surface area (Å²) in [5.74, 6) is 0. The van der Waals surface area contributed by atoms with E-state index in [9.17, 15) is 10.1 Å². The van der Waals surface area contributed by atoms with Crippen molar-refractivity contribution >= 4 is 11.4 Å². The summed E-state index contributed by atoms with van der Waals surface area (Å²) in [4.78, 5) is 9.56. The lowest BCUT2D eigenvalue weighted by atomic mass is 10.3. The van der Waals surface area contributed by atoms with E-state index in [1.54, 1.807) is 0 Å². The van der Waals surface area contributed by atoms with Crippen LogP contribution in [0.3, 0.4) is 0 Å². The second-order valence-corrected chi connectivity index (χ2v) is 1.68. The minimum atomic E-state index is -0.556. The average Bonchev–Trinajstić information content (AvgIpc) is 1.88. The Labute approximate surface area is 57.4 Å². The Hall–Kier alpha value is -1.76. The van der Waals surface area contributed by atoms with Crippen LogP contribution in [0.5, 0.6) is 0 Å². The number of nitro groups is 1. The van der Waals surface area contributed by atoms with Crippen LogP contribution in [0.4, 0.5) is 11.4 Å². The molecule has 1 aromatic rings.